The maximum atomic E-state index is 3.65. The topological polar surface area (TPSA) is 15.3 Å². The first-order chi connectivity index (χ1) is 8.85. The molecule has 108 valence electrons. The molecule has 1 aromatic carbocycles. The quantitative estimate of drug-likeness (QED) is 0.808. The summed E-state index contributed by atoms with van der Waals surface area (Å²) in [5.74, 6) is 0. The summed E-state index contributed by atoms with van der Waals surface area (Å²) in [7, 11) is 2.21. The standard InChI is InChI=1S/C17H30N2/c1-7-17(4,5)18-12-15(3)19(6)13-16-11-9-8-10-14(16)2/h8-11,15,18H,7,12-13H2,1-6H3. The van der Waals surface area contributed by atoms with Gasteiger partial charge in [-0.25, -0.2) is 0 Å². The maximum Gasteiger partial charge on any atom is 0.0236 e. The van der Waals surface area contributed by atoms with Crippen LogP contribution in [0.3, 0.4) is 0 Å². The van der Waals surface area contributed by atoms with Gasteiger partial charge in [0.2, 0.25) is 0 Å². The monoisotopic (exact) mass is 262 g/mol. The van der Waals surface area contributed by atoms with Crippen molar-refractivity contribution in [3.05, 3.63) is 35.4 Å². The van der Waals surface area contributed by atoms with Crippen LogP contribution in [0.2, 0.25) is 0 Å². The van der Waals surface area contributed by atoms with Crippen molar-refractivity contribution >= 4 is 0 Å². The van der Waals surface area contributed by atoms with Crippen molar-refractivity contribution in [2.45, 2.75) is 59.2 Å². The molecule has 0 saturated carbocycles. The van der Waals surface area contributed by atoms with Crippen LogP contribution < -0.4 is 5.32 Å². The van der Waals surface area contributed by atoms with Crippen molar-refractivity contribution in [3.8, 4) is 0 Å². The van der Waals surface area contributed by atoms with Crippen LogP contribution in [0.25, 0.3) is 0 Å². The molecule has 1 atom stereocenters. The van der Waals surface area contributed by atoms with Crippen molar-refractivity contribution in [2.24, 2.45) is 0 Å². The van der Waals surface area contributed by atoms with Gasteiger partial charge in [0.15, 0.2) is 0 Å². The fraction of sp³-hybridized carbons (Fsp3) is 0.647. The minimum atomic E-state index is 0.234. The number of hydrogen-bond acceptors (Lipinski definition) is 2. The molecule has 2 heteroatoms. The zero-order valence-electron chi connectivity index (χ0n) is 13.5. The van der Waals surface area contributed by atoms with Crippen molar-refractivity contribution in [1.82, 2.24) is 10.2 Å². The van der Waals surface area contributed by atoms with E-state index in [2.05, 4.69) is 76.1 Å². The average molecular weight is 262 g/mol. The summed E-state index contributed by atoms with van der Waals surface area (Å²) in [6.07, 6.45) is 1.15. The Bertz CT molecular complexity index is 385. The molecule has 0 aliphatic rings. The summed E-state index contributed by atoms with van der Waals surface area (Å²) in [6, 6.07) is 9.17. The summed E-state index contributed by atoms with van der Waals surface area (Å²) < 4.78 is 0. The molecule has 1 rings (SSSR count). The highest BCUT2D eigenvalue weighted by Crippen LogP contribution is 2.12. The molecule has 0 aliphatic carbocycles. The van der Waals surface area contributed by atoms with E-state index in [1.54, 1.807) is 0 Å². The molecule has 0 aliphatic heterocycles. The highest BCUT2D eigenvalue weighted by atomic mass is 15.1. The predicted octanol–water partition coefficient (Wildman–Crippen LogP) is 3.59. The van der Waals surface area contributed by atoms with Crippen molar-refractivity contribution in [3.63, 3.8) is 0 Å². The minimum absolute atomic E-state index is 0.234. The molecule has 0 fully saturated rings. The van der Waals surface area contributed by atoms with Gasteiger partial charge in [0, 0.05) is 24.7 Å². The SMILES string of the molecule is CCC(C)(C)NCC(C)N(C)Cc1ccccc1C. The molecule has 1 aromatic rings. The Morgan fingerprint density at radius 2 is 1.89 bits per heavy atom. The zero-order chi connectivity index (χ0) is 14.5. The van der Waals surface area contributed by atoms with E-state index in [9.17, 15) is 0 Å². The molecular weight excluding hydrogens is 232 g/mol. The van der Waals surface area contributed by atoms with Gasteiger partial charge in [-0.2, -0.15) is 0 Å². The largest absolute Gasteiger partial charge is 0.310 e. The third-order valence-electron chi connectivity index (χ3n) is 4.19. The molecule has 0 bridgehead atoms. The van der Waals surface area contributed by atoms with E-state index in [4.69, 9.17) is 0 Å². The van der Waals surface area contributed by atoms with E-state index < -0.39 is 0 Å². The molecule has 0 saturated heterocycles. The van der Waals surface area contributed by atoms with E-state index in [-0.39, 0.29) is 5.54 Å². The van der Waals surface area contributed by atoms with Crippen LogP contribution in [0.1, 0.15) is 45.2 Å². The number of aryl methyl sites for hydroxylation is 1. The van der Waals surface area contributed by atoms with Crippen LogP contribution >= 0.6 is 0 Å². The maximum absolute atomic E-state index is 3.65. The number of nitrogens with one attached hydrogen (secondary N) is 1. The van der Waals surface area contributed by atoms with E-state index in [1.165, 1.54) is 11.1 Å². The average Bonchev–Trinajstić information content (AvgIpc) is 2.38. The van der Waals surface area contributed by atoms with Gasteiger partial charge in [-0.05, 0) is 52.3 Å². The van der Waals surface area contributed by atoms with Gasteiger partial charge in [0.05, 0.1) is 0 Å². The van der Waals surface area contributed by atoms with E-state index in [0.29, 0.717) is 6.04 Å². The first kappa shape index (κ1) is 16.2. The van der Waals surface area contributed by atoms with Gasteiger partial charge in [0.1, 0.15) is 0 Å². The molecule has 0 aromatic heterocycles. The molecule has 0 amide bonds. The smallest absolute Gasteiger partial charge is 0.0236 e. The molecule has 1 unspecified atom stereocenters. The number of hydrogen-bond donors (Lipinski definition) is 1. The van der Waals surface area contributed by atoms with E-state index in [0.717, 1.165) is 19.5 Å². The normalized spacial score (nSPS) is 13.8. The summed E-state index contributed by atoms with van der Waals surface area (Å²) in [4.78, 5) is 2.42. The van der Waals surface area contributed by atoms with Crippen LogP contribution in [-0.4, -0.2) is 30.1 Å². The van der Waals surface area contributed by atoms with Gasteiger partial charge >= 0.3 is 0 Å². The number of rotatable bonds is 7. The first-order valence-corrected chi connectivity index (χ1v) is 7.35. The molecule has 0 spiro atoms. The Morgan fingerprint density at radius 3 is 2.47 bits per heavy atom. The van der Waals surface area contributed by atoms with Gasteiger partial charge in [-0.15, -0.1) is 0 Å². The second-order valence-electron chi connectivity index (χ2n) is 6.31. The van der Waals surface area contributed by atoms with Crippen LogP contribution in [0.5, 0.6) is 0 Å². The Morgan fingerprint density at radius 1 is 1.26 bits per heavy atom. The first-order valence-electron chi connectivity index (χ1n) is 7.35. The van der Waals surface area contributed by atoms with E-state index >= 15 is 0 Å². The highest BCUT2D eigenvalue weighted by molar-refractivity contribution is 5.25. The van der Waals surface area contributed by atoms with Crippen LogP contribution in [0.4, 0.5) is 0 Å². The Balaban J connectivity index is 2.49. The van der Waals surface area contributed by atoms with Gasteiger partial charge < -0.3 is 5.32 Å². The predicted molar refractivity (Wildman–Crippen MR) is 84.5 cm³/mol. The lowest BCUT2D eigenvalue weighted by Crippen LogP contribution is -2.46. The minimum Gasteiger partial charge on any atom is -0.310 e. The van der Waals surface area contributed by atoms with E-state index in [1.807, 2.05) is 0 Å². The molecule has 2 nitrogen and oxygen atoms in total. The fourth-order valence-electron chi connectivity index (χ4n) is 1.92. The molecule has 1 N–H and O–H groups in total. The third-order valence-corrected chi connectivity index (χ3v) is 4.19. The molecule has 0 radical (unpaired) electrons. The van der Waals surface area contributed by atoms with Gasteiger partial charge in [-0.1, -0.05) is 31.2 Å². The summed E-state index contributed by atoms with van der Waals surface area (Å²) in [5.41, 5.74) is 3.03. The lowest BCUT2D eigenvalue weighted by Gasteiger charge is -2.31. The van der Waals surface area contributed by atoms with Crippen LogP contribution in [-0.2, 0) is 6.54 Å². The molecular formula is C17H30N2. The summed E-state index contributed by atoms with van der Waals surface area (Å²) in [5, 5.41) is 3.65. The summed E-state index contributed by atoms with van der Waals surface area (Å²) in [6.45, 7) is 13.3. The summed E-state index contributed by atoms with van der Waals surface area (Å²) >= 11 is 0. The Kier molecular flexibility index (Phi) is 6.02. The second kappa shape index (κ2) is 7.06. The molecule has 0 heterocycles. The number of benzene rings is 1. The van der Waals surface area contributed by atoms with Crippen LogP contribution in [0.15, 0.2) is 24.3 Å². The molecule has 19 heavy (non-hydrogen) atoms. The van der Waals surface area contributed by atoms with Crippen molar-refractivity contribution in [1.29, 1.82) is 0 Å². The zero-order valence-corrected chi connectivity index (χ0v) is 13.5. The lowest BCUT2D eigenvalue weighted by atomic mass is 10.0. The highest BCUT2D eigenvalue weighted by Gasteiger charge is 2.17. The number of likely N-dealkylation sites (N-methyl/N-ethyl adjacent to an activating group) is 1. The van der Waals surface area contributed by atoms with Crippen molar-refractivity contribution in [2.75, 3.05) is 13.6 Å². The van der Waals surface area contributed by atoms with Crippen molar-refractivity contribution < 1.29 is 0 Å². The lowest BCUT2D eigenvalue weighted by molar-refractivity contribution is 0.223. The Labute approximate surface area is 119 Å². The van der Waals surface area contributed by atoms with Crippen LogP contribution in [0, 0.1) is 6.92 Å². The third kappa shape index (κ3) is 5.33. The number of nitrogens with zero attached hydrogens (tertiary/aromatic N) is 1. The van der Waals surface area contributed by atoms with Gasteiger partial charge in [0.25, 0.3) is 0 Å². The Hall–Kier alpha value is -0.860. The second-order valence-corrected chi connectivity index (χ2v) is 6.31. The van der Waals surface area contributed by atoms with Gasteiger partial charge in [-0.3, -0.25) is 4.90 Å². The fourth-order valence-corrected chi connectivity index (χ4v) is 1.92.